The van der Waals surface area contributed by atoms with Crippen LogP contribution in [0.4, 0.5) is 0 Å². The second-order valence-corrected chi connectivity index (χ2v) is 4.29. The molecule has 0 atom stereocenters. The lowest BCUT2D eigenvalue weighted by molar-refractivity contribution is -0.116. The third kappa shape index (κ3) is 3.88. The molecule has 5 heteroatoms. The van der Waals surface area contributed by atoms with E-state index in [9.17, 15) is 4.79 Å². The Morgan fingerprint density at radius 1 is 1.59 bits per heavy atom. The van der Waals surface area contributed by atoms with Crippen molar-refractivity contribution in [1.82, 2.24) is 15.3 Å². The number of thiophene rings is 1. The SMILES string of the molecule is O=C(/C=C/c1ccsc1)NCCc1cnc[nH]1. The van der Waals surface area contributed by atoms with Gasteiger partial charge in [-0.3, -0.25) is 4.79 Å². The first-order valence-electron chi connectivity index (χ1n) is 5.30. The molecule has 0 bridgehead atoms. The highest BCUT2D eigenvalue weighted by atomic mass is 32.1. The van der Waals surface area contributed by atoms with Crippen LogP contribution >= 0.6 is 11.3 Å². The molecule has 0 aliphatic carbocycles. The van der Waals surface area contributed by atoms with Crippen molar-refractivity contribution in [3.63, 3.8) is 0 Å². The fourth-order valence-corrected chi connectivity index (χ4v) is 1.97. The maximum absolute atomic E-state index is 11.4. The zero-order valence-corrected chi connectivity index (χ0v) is 10.0. The summed E-state index contributed by atoms with van der Waals surface area (Å²) in [7, 11) is 0. The normalized spacial score (nSPS) is 10.8. The molecule has 0 saturated carbocycles. The second kappa shape index (κ2) is 6.00. The van der Waals surface area contributed by atoms with E-state index in [1.165, 1.54) is 0 Å². The van der Waals surface area contributed by atoms with Gasteiger partial charge in [-0.25, -0.2) is 4.98 Å². The summed E-state index contributed by atoms with van der Waals surface area (Å²) in [4.78, 5) is 18.3. The molecule has 88 valence electrons. The van der Waals surface area contributed by atoms with Crippen molar-refractivity contribution in [1.29, 1.82) is 0 Å². The first kappa shape index (κ1) is 11.6. The van der Waals surface area contributed by atoms with Crippen molar-refractivity contribution in [2.24, 2.45) is 0 Å². The van der Waals surface area contributed by atoms with Gasteiger partial charge in [0, 0.05) is 30.9 Å². The van der Waals surface area contributed by atoms with E-state index >= 15 is 0 Å². The lowest BCUT2D eigenvalue weighted by atomic mass is 10.3. The van der Waals surface area contributed by atoms with Crippen LogP contribution in [0.1, 0.15) is 11.3 Å². The molecule has 1 amide bonds. The maximum Gasteiger partial charge on any atom is 0.244 e. The van der Waals surface area contributed by atoms with E-state index in [4.69, 9.17) is 0 Å². The smallest absolute Gasteiger partial charge is 0.244 e. The van der Waals surface area contributed by atoms with Crippen LogP contribution in [0.5, 0.6) is 0 Å². The number of carbonyl (C=O) groups excluding carboxylic acids is 1. The highest BCUT2D eigenvalue weighted by Crippen LogP contribution is 2.07. The molecule has 0 spiro atoms. The highest BCUT2D eigenvalue weighted by Gasteiger charge is 1.97. The molecule has 0 aliphatic rings. The Morgan fingerprint density at radius 3 is 3.24 bits per heavy atom. The zero-order chi connectivity index (χ0) is 11.9. The van der Waals surface area contributed by atoms with Gasteiger partial charge in [0.2, 0.25) is 5.91 Å². The molecule has 2 aromatic heterocycles. The molecule has 17 heavy (non-hydrogen) atoms. The van der Waals surface area contributed by atoms with Crippen LogP contribution in [-0.4, -0.2) is 22.4 Å². The monoisotopic (exact) mass is 247 g/mol. The average molecular weight is 247 g/mol. The molecule has 2 N–H and O–H groups in total. The summed E-state index contributed by atoms with van der Waals surface area (Å²) in [6.45, 7) is 0.606. The van der Waals surface area contributed by atoms with Crippen LogP contribution in [0.25, 0.3) is 6.08 Å². The van der Waals surface area contributed by atoms with E-state index in [2.05, 4.69) is 15.3 Å². The minimum absolute atomic E-state index is 0.0734. The first-order chi connectivity index (χ1) is 8.34. The van der Waals surface area contributed by atoms with Crippen molar-refractivity contribution >= 4 is 23.3 Å². The summed E-state index contributed by atoms with van der Waals surface area (Å²) in [5.41, 5.74) is 2.07. The third-order valence-electron chi connectivity index (χ3n) is 2.22. The lowest BCUT2D eigenvalue weighted by Gasteiger charge is -1.99. The molecule has 0 aromatic carbocycles. The Kier molecular flexibility index (Phi) is 4.10. The summed E-state index contributed by atoms with van der Waals surface area (Å²) in [5.74, 6) is -0.0734. The van der Waals surface area contributed by atoms with E-state index in [1.807, 2.05) is 22.9 Å². The number of imidazole rings is 1. The Morgan fingerprint density at radius 2 is 2.53 bits per heavy atom. The van der Waals surface area contributed by atoms with Crippen molar-refractivity contribution in [2.75, 3.05) is 6.54 Å². The number of H-pyrrole nitrogens is 1. The lowest BCUT2D eigenvalue weighted by Crippen LogP contribution is -2.23. The minimum Gasteiger partial charge on any atom is -0.352 e. The summed E-state index contributed by atoms with van der Waals surface area (Å²) in [5, 5.41) is 6.79. The number of hydrogen-bond acceptors (Lipinski definition) is 3. The summed E-state index contributed by atoms with van der Waals surface area (Å²) < 4.78 is 0. The molecule has 0 radical (unpaired) electrons. The molecule has 4 nitrogen and oxygen atoms in total. The van der Waals surface area contributed by atoms with Crippen LogP contribution in [-0.2, 0) is 11.2 Å². The Labute approximate surface area is 103 Å². The Bertz CT molecular complexity index is 474. The van der Waals surface area contributed by atoms with Gasteiger partial charge in [-0.15, -0.1) is 0 Å². The van der Waals surface area contributed by atoms with Gasteiger partial charge in [-0.05, 0) is 28.5 Å². The van der Waals surface area contributed by atoms with Gasteiger partial charge in [0.05, 0.1) is 6.33 Å². The van der Waals surface area contributed by atoms with Gasteiger partial charge in [0.15, 0.2) is 0 Å². The number of amides is 1. The van der Waals surface area contributed by atoms with E-state index in [1.54, 1.807) is 29.9 Å². The molecule has 0 unspecified atom stereocenters. The molecule has 0 aliphatic heterocycles. The Hall–Kier alpha value is -1.88. The predicted octanol–water partition coefficient (Wildman–Crippen LogP) is 1.84. The topological polar surface area (TPSA) is 57.8 Å². The van der Waals surface area contributed by atoms with Crippen LogP contribution in [0, 0.1) is 0 Å². The van der Waals surface area contributed by atoms with Crippen LogP contribution in [0.2, 0.25) is 0 Å². The number of aromatic amines is 1. The first-order valence-corrected chi connectivity index (χ1v) is 6.24. The van der Waals surface area contributed by atoms with Crippen molar-refractivity contribution in [3.05, 3.63) is 46.7 Å². The fourth-order valence-electron chi connectivity index (χ4n) is 1.34. The maximum atomic E-state index is 11.4. The van der Waals surface area contributed by atoms with E-state index < -0.39 is 0 Å². The molecule has 0 saturated heterocycles. The number of nitrogens with one attached hydrogen (secondary N) is 2. The van der Waals surface area contributed by atoms with Crippen molar-refractivity contribution < 1.29 is 4.79 Å². The summed E-state index contributed by atoms with van der Waals surface area (Å²) in [6.07, 6.45) is 7.51. The van der Waals surface area contributed by atoms with Crippen molar-refractivity contribution in [2.45, 2.75) is 6.42 Å². The van der Waals surface area contributed by atoms with E-state index in [0.29, 0.717) is 6.54 Å². The van der Waals surface area contributed by atoms with E-state index in [0.717, 1.165) is 17.7 Å². The molecular weight excluding hydrogens is 234 g/mol. The fraction of sp³-hybridized carbons (Fsp3) is 0.167. The second-order valence-electron chi connectivity index (χ2n) is 3.51. The standard InChI is InChI=1S/C12H13N3OS/c16-12(2-1-10-4-6-17-8-10)14-5-3-11-7-13-9-15-11/h1-2,4,6-9H,3,5H2,(H,13,15)(H,14,16)/b2-1+. The van der Waals surface area contributed by atoms with Crippen LogP contribution in [0.15, 0.2) is 35.4 Å². The summed E-state index contributed by atoms with van der Waals surface area (Å²) in [6, 6.07) is 1.97. The molecular formula is C12H13N3OS. The van der Waals surface area contributed by atoms with Crippen LogP contribution in [0.3, 0.4) is 0 Å². The Balaban J connectivity index is 1.71. The number of hydrogen-bond donors (Lipinski definition) is 2. The van der Waals surface area contributed by atoms with Crippen LogP contribution < -0.4 is 5.32 Å². The van der Waals surface area contributed by atoms with Gasteiger partial charge in [-0.1, -0.05) is 0 Å². The number of nitrogens with zero attached hydrogens (tertiary/aromatic N) is 1. The van der Waals surface area contributed by atoms with Crippen molar-refractivity contribution in [3.8, 4) is 0 Å². The van der Waals surface area contributed by atoms with Gasteiger partial charge < -0.3 is 10.3 Å². The molecule has 2 heterocycles. The number of rotatable bonds is 5. The summed E-state index contributed by atoms with van der Waals surface area (Å²) >= 11 is 1.61. The number of carbonyl (C=O) groups is 1. The van der Waals surface area contributed by atoms with Gasteiger partial charge in [0.1, 0.15) is 0 Å². The minimum atomic E-state index is -0.0734. The van der Waals surface area contributed by atoms with Gasteiger partial charge in [-0.2, -0.15) is 11.3 Å². The highest BCUT2D eigenvalue weighted by molar-refractivity contribution is 7.08. The molecule has 2 rings (SSSR count). The van der Waals surface area contributed by atoms with E-state index in [-0.39, 0.29) is 5.91 Å². The van der Waals surface area contributed by atoms with Gasteiger partial charge >= 0.3 is 0 Å². The predicted molar refractivity (Wildman–Crippen MR) is 68.7 cm³/mol. The average Bonchev–Trinajstić information content (AvgIpc) is 2.99. The third-order valence-corrected chi connectivity index (χ3v) is 2.92. The molecule has 2 aromatic rings. The van der Waals surface area contributed by atoms with Gasteiger partial charge in [0.25, 0.3) is 0 Å². The quantitative estimate of drug-likeness (QED) is 0.792. The largest absolute Gasteiger partial charge is 0.352 e. The molecule has 0 fully saturated rings. The zero-order valence-electron chi connectivity index (χ0n) is 9.22. The number of aromatic nitrogens is 2.